The topological polar surface area (TPSA) is 52.7 Å². The SMILES string of the molecule is C[C@H]1CN(c2ccc(C3CCC(=O)NC3=O)cc2)C[C@H](C)N1CCC1CCCCC1. The first-order valence-corrected chi connectivity index (χ1v) is 12.0. The Hall–Kier alpha value is -1.88. The van der Waals surface area contributed by atoms with E-state index < -0.39 is 0 Å². The number of nitrogens with one attached hydrogen (secondary N) is 1. The Morgan fingerprint density at radius 3 is 2.23 bits per heavy atom. The zero-order valence-electron chi connectivity index (χ0n) is 18.6. The number of rotatable bonds is 5. The highest BCUT2D eigenvalue weighted by Gasteiger charge is 2.31. The van der Waals surface area contributed by atoms with Gasteiger partial charge in [-0.1, -0.05) is 44.2 Å². The Balaban J connectivity index is 1.34. The van der Waals surface area contributed by atoms with Crippen molar-refractivity contribution in [3.05, 3.63) is 29.8 Å². The molecule has 1 aromatic rings. The average Bonchev–Trinajstić information content (AvgIpc) is 2.74. The number of hydrogen-bond donors (Lipinski definition) is 1. The largest absolute Gasteiger partial charge is 0.368 e. The number of anilines is 1. The van der Waals surface area contributed by atoms with Gasteiger partial charge < -0.3 is 4.90 Å². The third kappa shape index (κ3) is 4.88. The summed E-state index contributed by atoms with van der Waals surface area (Å²) in [5.74, 6) is 0.423. The predicted octanol–water partition coefficient (Wildman–Crippen LogP) is 4.08. The van der Waals surface area contributed by atoms with Crippen LogP contribution in [0, 0.1) is 5.92 Å². The minimum Gasteiger partial charge on any atom is -0.368 e. The first-order chi connectivity index (χ1) is 14.5. The van der Waals surface area contributed by atoms with Crippen LogP contribution in [0.5, 0.6) is 0 Å². The van der Waals surface area contributed by atoms with Crippen LogP contribution in [-0.4, -0.2) is 48.4 Å². The van der Waals surface area contributed by atoms with Gasteiger partial charge in [-0.05, 0) is 56.8 Å². The summed E-state index contributed by atoms with van der Waals surface area (Å²) >= 11 is 0. The second-order valence-electron chi connectivity index (χ2n) is 9.73. The Bertz CT molecular complexity index is 729. The van der Waals surface area contributed by atoms with Crippen LogP contribution >= 0.6 is 0 Å². The van der Waals surface area contributed by atoms with Crippen molar-refractivity contribution in [2.45, 2.75) is 83.2 Å². The highest BCUT2D eigenvalue weighted by Crippen LogP contribution is 2.30. The molecule has 1 unspecified atom stereocenters. The smallest absolute Gasteiger partial charge is 0.234 e. The standard InChI is InChI=1S/C25H37N3O2/c1-18-16-27(17-19(2)28(18)15-14-20-6-4-3-5-7-20)22-10-8-21(9-11-22)23-12-13-24(29)26-25(23)30/h8-11,18-20,23H,3-7,12-17H2,1-2H3,(H,26,29,30)/t18-,19-,23?/m0/s1. The van der Waals surface area contributed by atoms with E-state index in [4.69, 9.17) is 0 Å². The summed E-state index contributed by atoms with van der Waals surface area (Å²) in [6.45, 7) is 8.05. The lowest BCUT2D eigenvalue weighted by Crippen LogP contribution is -2.57. The van der Waals surface area contributed by atoms with Crippen molar-refractivity contribution in [2.75, 3.05) is 24.5 Å². The molecule has 4 rings (SSSR count). The Morgan fingerprint density at radius 2 is 1.60 bits per heavy atom. The molecule has 3 atom stereocenters. The Morgan fingerprint density at radius 1 is 0.933 bits per heavy atom. The monoisotopic (exact) mass is 411 g/mol. The molecule has 2 aliphatic heterocycles. The normalized spacial score (nSPS) is 29.1. The van der Waals surface area contributed by atoms with Crippen molar-refractivity contribution in [1.82, 2.24) is 10.2 Å². The van der Waals surface area contributed by atoms with Crippen LogP contribution in [0.2, 0.25) is 0 Å². The van der Waals surface area contributed by atoms with Crippen molar-refractivity contribution in [1.29, 1.82) is 0 Å². The minimum atomic E-state index is -0.203. The molecular weight excluding hydrogens is 374 g/mol. The maximum Gasteiger partial charge on any atom is 0.234 e. The first kappa shape index (κ1) is 21.4. The maximum absolute atomic E-state index is 12.1. The van der Waals surface area contributed by atoms with Gasteiger partial charge in [0.15, 0.2) is 0 Å². The van der Waals surface area contributed by atoms with Crippen molar-refractivity contribution >= 4 is 17.5 Å². The van der Waals surface area contributed by atoms with E-state index in [0.29, 0.717) is 24.9 Å². The highest BCUT2D eigenvalue weighted by atomic mass is 16.2. The summed E-state index contributed by atoms with van der Waals surface area (Å²) in [5, 5.41) is 2.46. The number of carbonyl (C=O) groups excluding carboxylic acids is 2. The second-order valence-corrected chi connectivity index (χ2v) is 9.73. The molecule has 3 fully saturated rings. The first-order valence-electron chi connectivity index (χ1n) is 12.0. The average molecular weight is 412 g/mol. The minimum absolute atomic E-state index is 0.155. The van der Waals surface area contributed by atoms with E-state index >= 15 is 0 Å². The molecule has 0 bridgehead atoms. The lowest BCUT2D eigenvalue weighted by atomic mass is 9.86. The lowest BCUT2D eigenvalue weighted by Gasteiger charge is -2.46. The van der Waals surface area contributed by atoms with Crippen molar-refractivity contribution in [2.24, 2.45) is 5.92 Å². The number of benzene rings is 1. The van der Waals surface area contributed by atoms with E-state index in [2.05, 4.69) is 53.2 Å². The van der Waals surface area contributed by atoms with Crippen LogP contribution in [0.1, 0.15) is 76.7 Å². The molecule has 2 saturated heterocycles. The van der Waals surface area contributed by atoms with Crippen molar-refractivity contribution in [3.8, 4) is 0 Å². The number of hydrogen-bond acceptors (Lipinski definition) is 4. The molecule has 30 heavy (non-hydrogen) atoms. The quantitative estimate of drug-likeness (QED) is 0.742. The Kier molecular flexibility index (Phi) is 6.77. The van der Waals surface area contributed by atoms with Crippen LogP contribution < -0.4 is 10.2 Å². The van der Waals surface area contributed by atoms with Crippen LogP contribution in [0.15, 0.2) is 24.3 Å². The lowest BCUT2D eigenvalue weighted by molar-refractivity contribution is -0.134. The van der Waals surface area contributed by atoms with Gasteiger partial charge in [0.05, 0.1) is 5.92 Å². The molecule has 1 saturated carbocycles. The molecule has 2 amide bonds. The third-order valence-electron chi connectivity index (χ3n) is 7.52. The van der Waals surface area contributed by atoms with Gasteiger partial charge in [0.25, 0.3) is 0 Å². The van der Waals surface area contributed by atoms with Crippen LogP contribution in [-0.2, 0) is 9.59 Å². The number of piperidine rings is 1. The fourth-order valence-electron chi connectivity index (χ4n) is 5.74. The van der Waals surface area contributed by atoms with Gasteiger partial charge in [0.2, 0.25) is 11.8 Å². The summed E-state index contributed by atoms with van der Waals surface area (Å²) in [7, 11) is 0. The molecule has 1 aliphatic carbocycles. The van der Waals surface area contributed by atoms with Gasteiger partial charge in [-0.25, -0.2) is 0 Å². The fraction of sp³-hybridized carbons (Fsp3) is 0.680. The number of amides is 2. The molecule has 1 N–H and O–H groups in total. The Labute approximate surface area is 181 Å². The third-order valence-corrected chi connectivity index (χ3v) is 7.52. The van der Waals surface area contributed by atoms with Crippen molar-refractivity contribution in [3.63, 3.8) is 0 Å². The van der Waals surface area contributed by atoms with E-state index in [-0.39, 0.29) is 17.7 Å². The highest BCUT2D eigenvalue weighted by molar-refractivity contribution is 6.00. The number of imide groups is 1. The zero-order valence-corrected chi connectivity index (χ0v) is 18.6. The zero-order chi connectivity index (χ0) is 21.1. The molecular formula is C25H37N3O2. The number of nitrogens with zero attached hydrogens (tertiary/aromatic N) is 2. The van der Waals surface area contributed by atoms with Gasteiger partial charge in [0.1, 0.15) is 0 Å². The van der Waals surface area contributed by atoms with E-state index in [9.17, 15) is 9.59 Å². The molecule has 1 aromatic carbocycles. The molecule has 0 radical (unpaired) electrons. The summed E-state index contributed by atoms with van der Waals surface area (Å²) in [5.41, 5.74) is 2.24. The molecule has 5 nitrogen and oxygen atoms in total. The van der Waals surface area contributed by atoms with Gasteiger partial charge in [0, 0.05) is 37.3 Å². The van der Waals surface area contributed by atoms with Crippen LogP contribution in [0.4, 0.5) is 5.69 Å². The second kappa shape index (κ2) is 9.51. The van der Waals surface area contributed by atoms with Crippen molar-refractivity contribution < 1.29 is 9.59 Å². The van der Waals surface area contributed by atoms with Crippen LogP contribution in [0.25, 0.3) is 0 Å². The van der Waals surface area contributed by atoms with Gasteiger partial charge >= 0.3 is 0 Å². The molecule has 3 aliphatic rings. The van der Waals surface area contributed by atoms with Gasteiger partial charge in [-0.2, -0.15) is 0 Å². The summed E-state index contributed by atoms with van der Waals surface area (Å²) in [6.07, 6.45) is 9.55. The maximum atomic E-state index is 12.1. The summed E-state index contributed by atoms with van der Waals surface area (Å²) in [6, 6.07) is 9.53. The summed E-state index contributed by atoms with van der Waals surface area (Å²) < 4.78 is 0. The fourth-order valence-corrected chi connectivity index (χ4v) is 5.74. The van der Waals surface area contributed by atoms with Gasteiger partial charge in [-0.3, -0.25) is 19.8 Å². The number of piperazine rings is 1. The molecule has 2 heterocycles. The van der Waals surface area contributed by atoms with Gasteiger partial charge in [-0.15, -0.1) is 0 Å². The van der Waals surface area contributed by atoms with E-state index in [1.165, 1.54) is 50.8 Å². The molecule has 0 spiro atoms. The predicted molar refractivity (Wildman–Crippen MR) is 121 cm³/mol. The van der Waals surface area contributed by atoms with E-state index in [1.54, 1.807) is 0 Å². The molecule has 0 aromatic heterocycles. The summed E-state index contributed by atoms with van der Waals surface area (Å²) in [4.78, 5) is 28.7. The number of carbonyl (C=O) groups is 2. The van der Waals surface area contributed by atoms with E-state index in [0.717, 1.165) is 24.6 Å². The molecule has 5 heteroatoms. The molecule has 164 valence electrons. The van der Waals surface area contributed by atoms with E-state index in [1.807, 2.05) is 0 Å². The van der Waals surface area contributed by atoms with Crippen LogP contribution in [0.3, 0.4) is 0 Å².